The number of nitrogens with two attached hydrogens (primary N) is 1. The number of aliphatic carboxylic acids is 1. The second-order valence-electron chi connectivity index (χ2n) is 3.19. The predicted octanol–water partition coefficient (Wildman–Crippen LogP) is -1.81. The second-order valence-corrected chi connectivity index (χ2v) is 3.19. The van der Waals surface area contributed by atoms with Crippen molar-refractivity contribution in [3.8, 4) is 0 Å². The third-order valence-electron chi connectivity index (χ3n) is 1.78. The van der Waals surface area contributed by atoms with Gasteiger partial charge in [-0.1, -0.05) is 0 Å². The van der Waals surface area contributed by atoms with Crippen LogP contribution in [0, 0.1) is 0 Å². The summed E-state index contributed by atoms with van der Waals surface area (Å²) in [5.41, 5.74) is 4.98. The molecule has 0 saturated heterocycles. The van der Waals surface area contributed by atoms with Crippen molar-refractivity contribution in [1.82, 2.24) is 15.5 Å². The first-order valence-electron chi connectivity index (χ1n) is 4.85. The normalized spacial score (nSPS) is 9.56. The number of hydrogen-bond donors (Lipinski definition) is 4. The molecule has 1 heterocycles. The highest BCUT2D eigenvalue weighted by Gasteiger charge is 2.05. The number of nitrogens with zero attached hydrogens (tertiary/aromatic N) is 2. The molecule has 1 rings (SSSR count). The zero-order valence-electron chi connectivity index (χ0n) is 9.21. The molecule has 1 aromatic rings. The van der Waals surface area contributed by atoms with Crippen LogP contribution in [0.2, 0.25) is 0 Å². The van der Waals surface area contributed by atoms with E-state index in [-0.39, 0.29) is 18.1 Å². The van der Waals surface area contributed by atoms with E-state index in [9.17, 15) is 14.4 Å². The van der Waals surface area contributed by atoms with Crippen LogP contribution in [0.4, 0.5) is 5.82 Å². The number of carbonyl (C=O) groups is 3. The fourth-order valence-electron chi connectivity index (χ4n) is 0.965. The largest absolute Gasteiger partial charge is 0.480 e. The van der Waals surface area contributed by atoms with Crippen LogP contribution in [0.25, 0.3) is 0 Å². The van der Waals surface area contributed by atoms with Gasteiger partial charge in [0.25, 0.3) is 5.91 Å². The van der Waals surface area contributed by atoms with Gasteiger partial charge in [-0.05, 0) is 12.1 Å². The average Bonchev–Trinajstić information content (AvgIpc) is 2.34. The Balaban J connectivity index is 2.41. The Kier molecular flexibility index (Phi) is 4.55. The van der Waals surface area contributed by atoms with Gasteiger partial charge >= 0.3 is 5.97 Å². The Morgan fingerprint density at radius 1 is 1.22 bits per heavy atom. The summed E-state index contributed by atoms with van der Waals surface area (Å²) in [7, 11) is 0. The molecule has 0 radical (unpaired) electrons. The third-order valence-corrected chi connectivity index (χ3v) is 1.78. The van der Waals surface area contributed by atoms with Crippen LogP contribution in [-0.4, -0.2) is 46.2 Å². The summed E-state index contributed by atoms with van der Waals surface area (Å²) >= 11 is 0. The predicted molar refractivity (Wildman–Crippen MR) is 59.7 cm³/mol. The first-order valence-corrected chi connectivity index (χ1v) is 4.85. The monoisotopic (exact) mass is 253 g/mol. The van der Waals surface area contributed by atoms with E-state index in [1.165, 1.54) is 12.1 Å². The van der Waals surface area contributed by atoms with Gasteiger partial charge in [-0.3, -0.25) is 14.4 Å². The smallest absolute Gasteiger partial charge is 0.322 e. The number of carboxylic acids is 1. The topological polar surface area (TPSA) is 147 Å². The van der Waals surface area contributed by atoms with E-state index in [4.69, 9.17) is 10.8 Å². The zero-order valence-corrected chi connectivity index (χ0v) is 9.21. The summed E-state index contributed by atoms with van der Waals surface area (Å²) in [6, 6.07) is 2.78. The number of rotatable bonds is 6. The van der Waals surface area contributed by atoms with Crippen molar-refractivity contribution in [3.05, 3.63) is 17.8 Å². The zero-order chi connectivity index (χ0) is 13.5. The molecule has 0 saturated carbocycles. The number of anilines is 1. The molecule has 96 valence electrons. The Hall–Kier alpha value is -2.71. The first kappa shape index (κ1) is 13.4. The Morgan fingerprint density at radius 3 is 2.44 bits per heavy atom. The SMILES string of the molecule is NC(=O)c1ccc(NCC(=O)NCC(=O)O)nn1. The van der Waals surface area contributed by atoms with Crippen LogP contribution >= 0.6 is 0 Å². The maximum Gasteiger partial charge on any atom is 0.322 e. The van der Waals surface area contributed by atoms with Crippen molar-refractivity contribution in [1.29, 1.82) is 0 Å². The maximum absolute atomic E-state index is 11.1. The quantitative estimate of drug-likeness (QED) is 0.467. The van der Waals surface area contributed by atoms with Gasteiger partial charge in [-0.25, -0.2) is 0 Å². The molecule has 0 spiro atoms. The van der Waals surface area contributed by atoms with Gasteiger partial charge in [0.15, 0.2) is 5.69 Å². The lowest BCUT2D eigenvalue weighted by Gasteiger charge is -2.05. The number of nitrogens with one attached hydrogen (secondary N) is 2. The second kappa shape index (κ2) is 6.13. The van der Waals surface area contributed by atoms with Crippen LogP contribution < -0.4 is 16.4 Å². The fourth-order valence-corrected chi connectivity index (χ4v) is 0.965. The Bertz CT molecular complexity index is 459. The van der Waals surface area contributed by atoms with E-state index in [1.807, 2.05) is 0 Å². The Labute approximate surface area is 101 Å². The van der Waals surface area contributed by atoms with E-state index in [0.717, 1.165) is 0 Å². The minimum Gasteiger partial charge on any atom is -0.480 e. The van der Waals surface area contributed by atoms with Crippen LogP contribution in [0.5, 0.6) is 0 Å². The highest BCUT2D eigenvalue weighted by atomic mass is 16.4. The summed E-state index contributed by atoms with van der Waals surface area (Å²) in [5, 5.41) is 20.2. The number of carbonyl (C=O) groups excluding carboxylic acids is 2. The highest BCUT2D eigenvalue weighted by Crippen LogP contribution is 2.00. The van der Waals surface area contributed by atoms with Crippen LogP contribution in [0.15, 0.2) is 12.1 Å². The molecule has 0 aliphatic carbocycles. The summed E-state index contributed by atoms with van der Waals surface area (Å²) in [5.74, 6) is -2.06. The molecule has 0 bridgehead atoms. The number of aromatic nitrogens is 2. The van der Waals surface area contributed by atoms with E-state index < -0.39 is 24.3 Å². The molecule has 0 aliphatic heterocycles. The number of carboxylic acid groups (broad SMARTS) is 1. The lowest BCUT2D eigenvalue weighted by molar-refractivity contribution is -0.137. The van der Waals surface area contributed by atoms with Crippen LogP contribution in [0.1, 0.15) is 10.5 Å². The van der Waals surface area contributed by atoms with Gasteiger partial charge in [-0.15, -0.1) is 10.2 Å². The van der Waals surface area contributed by atoms with Crippen molar-refractivity contribution in [2.75, 3.05) is 18.4 Å². The van der Waals surface area contributed by atoms with Crippen molar-refractivity contribution in [2.24, 2.45) is 5.73 Å². The molecule has 18 heavy (non-hydrogen) atoms. The molecule has 2 amide bonds. The average molecular weight is 253 g/mol. The summed E-state index contributed by atoms with van der Waals surface area (Å²) < 4.78 is 0. The minimum atomic E-state index is -1.13. The molecule has 0 unspecified atom stereocenters. The Morgan fingerprint density at radius 2 is 1.94 bits per heavy atom. The van der Waals surface area contributed by atoms with Crippen molar-refractivity contribution in [3.63, 3.8) is 0 Å². The molecular weight excluding hydrogens is 242 g/mol. The lowest BCUT2D eigenvalue weighted by Crippen LogP contribution is -2.34. The molecule has 0 aliphatic rings. The lowest BCUT2D eigenvalue weighted by atomic mass is 10.4. The highest BCUT2D eigenvalue weighted by molar-refractivity contribution is 5.90. The summed E-state index contributed by atoms with van der Waals surface area (Å²) in [6.45, 7) is -0.606. The van der Waals surface area contributed by atoms with E-state index in [0.29, 0.717) is 0 Å². The molecule has 1 aromatic heterocycles. The van der Waals surface area contributed by atoms with E-state index in [1.54, 1.807) is 0 Å². The summed E-state index contributed by atoms with van der Waals surface area (Å²) in [6.07, 6.45) is 0. The molecule has 0 atom stereocenters. The van der Waals surface area contributed by atoms with Gasteiger partial charge in [0.1, 0.15) is 12.4 Å². The number of amides is 2. The van der Waals surface area contributed by atoms with Gasteiger partial charge in [0.05, 0.1) is 6.54 Å². The maximum atomic E-state index is 11.1. The molecule has 0 fully saturated rings. The van der Waals surface area contributed by atoms with Gasteiger partial charge in [0.2, 0.25) is 5.91 Å². The number of hydrogen-bond acceptors (Lipinski definition) is 6. The van der Waals surface area contributed by atoms with Crippen molar-refractivity contribution in [2.45, 2.75) is 0 Å². The molecule has 0 aromatic carbocycles. The fraction of sp³-hybridized carbons (Fsp3) is 0.222. The van der Waals surface area contributed by atoms with E-state index >= 15 is 0 Å². The van der Waals surface area contributed by atoms with E-state index in [2.05, 4.69) is 20.8 Å². The van der Waals surface area contributed by atoms with Crippen molar-refractivity contribution >= 4 is 23.6 Å². The molecule has 9 heteroatoms. The van der Waals surface area contributed by atoms with Gasteiger partial charge in [-0.2, -0.15) is 0 Å². The third kappa shape index (κ3) is 4.43. The standard InChI is InChI=1S/C9H11N5O4/c10-9(18)5-1-2-6(14-13-5)11-3-7(15)12-4-8(16)17/h1-2H,3-4H2,(H2,10,18)(H,11,14)(H,12,15)(H,16,17). The van der Waals surface area contributed by atoms with Gasteiger partial charge in [0, 0.05) is 0 Å². The summed E-state index contributed by atoms with van der Waals surface area (Å²) in [4.78, 5) is 32.0. The van der Waals surface area contributed by atoms with Crippen LogP contribution in [-0.2, 0) is 9.59 Å². The number of primary amides is 1. The molecule has 5 N–H and O–H groups in total. The van der Waals surface area contributed by atoms with Crippen LogP contribution in [0.3, 0.4) is 0 Å². The molecular formula is C9H11N5O4. The molecule has 9 nitrogen and oxygen atoms in total. The van der Waals surface area contributed by atoms with Crippen molar-refractivity contribution < 1.29 is 19.5 Å². The van der Waals surface area contributed by atoms with Gasteiger partial charge < -0.3 is 21.5 Å². The first-order chi connectivity index (χ1) is 8.49. The minimum absolute atomic E-state index is 0.0101.